The van der Waals surface area contributed by atoms with Gasteiger partial charge in [-0.25, -0.2) is 8.42 Å². The molecule has 0 saturated carbocycles. The first-order valence-corrected chi connectivity index (χ1v) is 7.99. The maximum absolute atomic E-state index is 12.4. The van der Waals surface area contributed by atoms with Crippen LogP contribution >= 0.6 is 0 Å². The fraction of sp³-hybridized carbons (Fsp3) is 0.400. The van der Waals surface area contributed by atoms with Crippen LogP contribution in [0.5, 0.6) is 0 Å². The zero-order valence-electron chi connectivity index (χ0n) is 12.0. The summed E-state index contributed by atoms with van der Waals surface area (Å²) in [7, 11) is -3.58. The number of benzene rings is 1. The number of sulfone groups is 1. The van der Waals surface area contributed by atoms with Crippen molar-refractivity contribution < 1.29 is 13.2 Å². The Morgan fingerprint density at radius 2 is 2.00 bits per heavy atom. The van der Waals surface area contributed by atoms with Gasteiger partial charge in [0.25, 0.3) is 0 Å². The molecule has 108 valence electrons. The van der Waals surface area contributed by atoms with Crippen molar-refractivity contribution in [2.45, 2.75) is 43.9 Å². The molecule has 2 rings (SSSR count). The number of hydrogen-bond acceptors (Lipinski definition) is 3. The molecule has 0 saturated heterocycles. The Hall–Kier alpha value is -1.62. The second-order valence-electron chi connectivity index (χ2n) is 5.83. The number of hydrogen-bond donors (Lipinski definition) is 1. The van der Waals surface area contributed by atoms with Crippen LogP contribution in [-0.4, -0.2) is 14.3 Å². The smallest absolute Gasteiger partial charge is 0.249 e. The first kappa shape index (κ1) is 14.8. The van der Waals surface area contributed by atoms with Crippen molar-refractivity contribution in [3.63, 3.8) is 0 Å². The Balaban J connectivity index is 2.88. The zero-order chi connectivity index (χ0) is 15.3. The normalized spacial score (nSPS) is 19.4. The van der Waals surface area contributed by atoms with E-state index in [1.54, 1.807) is 6.07 Å². The zero-order valence-corrected chi connectivity index (χ0v) is 12.8. The van der Waals surface area contributed by atoms with Crippen LogP contribution in [0.3, 0.4) is 0 Å². The van der Waals surface area contributed by atoms with Gasteiger partial charge in [-0.3, -0.25) is 4.79 Å². The summed E-state index contributed by atoms with van der Waals surface area (Å²) in [6, 6.07) is 3.22. The van der Waals surface area contributed by atoms with Gasteiger partial charge in [0.05, 0.1) is 4.90 Å². The number of fused-ring (bicyclic) bond motifs is 1. The van der Waals surface area contributed by atoms with Crippen LogP contribution in [-0.2, 0) is 21.7 Å². The molecule has 0 bridgehead atoms. The molecule has 1 aromatic rings. The van der Waals surface area contributed by atoms with E-state index in [1.165, 1.54) is 6.07 Å². The van der Waals surface area contributed by atoms with Crippen molar-refractivity contribution in [3.05, 3.63) is 40.3 Å². The van der Waals surface area contributed by atoms with Crippen LogP contribution in [0.1, 0.15) is 48.7 Å². The van der Waals surface area contributed by atoms with E-state index in [0.29, 0.717) is 12.8 Å². The average molecular weight is 293 g/mol. The third-order valence-electron chi connectivity index (χ3n) is 3.89. The quantitative estimate of drug-likeness (QED) is 0.909. The lowest BCUT2D eigenvalue weighted by Crippen LogP contribution is -2.30. The lowest BCUT2D eigenvalue weighted by atomic mass is 9.79. The number of amides is 1. The van der Waals surface area contributed by atoms with Crippen LogP contribution in [0.2, 0.25) is 0 Å². The molecule has 1 heterocycles. The van der Waals surface area contributed by atoms with Gasteiger partial charge in [-0.05, 0) is 35.4 Å². The lowest BCUT2D eigenvalue weighted by Gasteiger charge is -2.34. The van der Waals surface area contributed by atoms with Gasteiger partial charge in [0, 0.05) is 10.5 Å². The Morgan fingerprint density at radius 1 is 1.40 bits per heavy atom. The molecule has 0 atom stereocenters. The van der Waals surface area contributed by atoms with E-state index in [2.05, 4.69) is 6.58 Å². The van der Waals surface area contributed by atoms with Gasteiger partial charge in [-0.15, -0.1) is 0 Å². The van der Waals surface area contributed by atoms with Crippen LogP contribution in [0.4, 0.5) is 0 Å². The fourth-order valence-electron chi connectivity index (χ4n) is 2.74. The van der Waals surface area contributed by atoms with Crippen molar-refractivity contribution in [2.75, 3.05) is 0 Å². The van der Waals surface area contributed by atoms with E-state index >= 15 is 0 Å². The highest BCUT2D eigenvalue weighted by molar-refractivity contribution is 7.95. The highest BCUT2D eigenvalue weighted by Gasteiger charge is 2.39. The molecule has 0 aliphatic carbocycles. The summed E-state index contributed by atoms with van der Waals surface area (Å²) in [4.78, 5) is 11.9. The highest BCUT2D eigenvalue weighted by Crippen LogP contribution is 2.44. The molecule has 1 aliphatic rings. The highest BCUT2D eigenvalue weighted by atomic mass is 32.2. The molecule has 0 spiro atoms. The number of rotatable bonds is 2. The fourth-order valence-corrected chi connectivity index (χ4v) is 4.50. The molecule has 5 heteroatoms. The minimum atomic E-state index is -3.58. The minimum Gasteiger partial charge on any atom is -0.366 e. The molecule has 0 aromatic heterocycles. The number of allylic oxidation sites excluding steroid dienone is 1. The van der Waals surface area contributed by atoms with E-state index in [1.807, 2.05) is 20.8 Å². The predicted octanol–water partition coefficient (Wildman–Crippen LogP) is 2.32. The van der Waals surface area contributed by atoms with Gasteiger partial charge in [-0.2, -0.15) is 0 Å². The summed E-state index contributed by atoms with van der Waals surface area (Å²) in [5.74, 6) is -0.603. The van der Waals surface area contributed by atoms with E-state index < -0.39 is 15.7 Å². The second-order valence-corrected chi connectivity index (χ2v) is 7.85. The molecule has 0 radical (unpaired) electrons. The van der Waals surface area contributed by atoms with Crippen LogP contribution < -0.4 is 5.73 Å². The molecule has 4 nitrogen and oxygen atoms in total. The SMILES string of the molecule is C=C1CC(C)(C)c2cc(CC)c(C(N)=O)cc2S1(=O)=O. The monoisotopic (exact) mass is 293 g/mol. The number of aryl methyl sites for hydroxylation is 1. The van der Waals surface area contributed by atoms with Crippen molar-refractivity contribution in [1.82, 2.24) is 0 Å². The summed E-state index contributed by atoms with van der Waals surface area (Å²) in [6.45, 7) is 9.55. The number of carbonyl (C=O) groups excluding carboxylic acids is 1. The molecular weight excluding hydrogens is 274 g/mol. The summed E-state index contributed by atoms with van der Waals surface area (Å²) in [5.41, 5.74) is 6.84. The Labute approximate surface area is 119 Å². The maximum atomic E-state index is 12.4. The Morgan fingerprint density at radius 3 is 2.50 bits per heavy atom. The molecule has 2 N–H and O–H groups in total. The molecule has 1 aliphatic heterocycles. The number of nitrogens with two attached hydrogens (primary N) is 1. The topological polar surface area (TPSA) is 77.2 Å². The van der Waals surface area contributed by atoms with Gasteiger partial charge in [0.15, 0.2) is 0 Å². The van der Waals surface area contributed by atoms with Gasteiger partial charge in [-0.1, -0.05) is 33.4 Å². The van der Waals surface area contributed by atoms with Gasteiger partial charge < -0.3 is 5.73 Å². The summed E-state index contributed by atoms with van der Waals surface area (Å²) >= 11 is 0. The minimum absolute atomic E-state index is 0.171. The summed E-state index contributed by atoms with van der Waals surface area (Å²) in [6.07, 6.45) is 1.02. The molecule has 20 heavy (non-hydrogen) atoms. The van der Waals surface area contributed by atoms with Gasteiger partial charge in [0.2, 0.25) is 15.7 Å². The van der Waals surface area contributed by atoms with Crippen LogP contribution in [0.15, 0.2) is 28.5 Å². The predicted molar refractivity (Wildman–Crippen MR) is 78.3 cm³/mol. The number of carbonyl (C=O) groups is 1. The third kappa shape index (κ3) is 2.06. The molecule has 0 unspecified atom stereocenters. The van der Waals surface area contributed by atoms with Crippen molar-refractivity contribution >= 4 is 15.7 Å². The Kier molecular flexibility index (Phi) is 3.29. The molecule has 1 amide bonds. The van der Waals surface area contributed by atoms with Crippen molar-refractivity contribution in [3.8, 4) is 0 Å². The maximum Gasteiger partial charge on any atom is 0.249 e. The summed E-state index contributed by atoms with van der Waals surface area (Å²) < 4.78 is 24.8. The van der Waals surface area contributed by atoms with Gasteiger partial charge in [0.1, 0.15) is 0 Å². The molecule has 1 aromatic carbocycles. The van der Waals surface area contributed by atoms with E-state index in [-0.39, 0.29) is 20.8 Å². The summed E-state index contributed by atoms with van der Waals surface area (Å²) in [5, 5.41) is 0. The first-order valence-electron chi connectivity index (χ1n) is 6.51. The number of primary amides is 1. The standard InChI is InChI=1S/C15H19NO3S/c1-5-10-6-12-13(7-11(10)14(16)17)20(18,19)9(2)8-15(12,3)4/h6-7H,2,5,8H2,1,3-4H3,(H2,16,17). The first-order chi connectivity index (χ1) is 9.11. The van der Waals surface area contributed by atoms with Crippen molar-refractivity contribution in [2.24, 2.45) is 5.73 Å². The third-order valence-corrected chi connectivity index (χ3v) is 5.71. The Bertz CT molecular complexity index is 715. The van der Waals surface area contributed by atoms with Crippen LogP contribution in [0, 0.1) is 0 Å². The van der Waals surface area contributed by atoms with E-state index in [4.69, 9.17) is 5.73 Å². The average Bonchev–Trinajstić information content (AvgIpc) is 2.34. The van der Waals surface area contributed by atoms with E-state index in [0.717, 1.165) is 11.1 Å². The lowest BCUT2D eigenvalue weighted by molar-refractivity contribution is 0.0999. The van der Waals surface area contributed by atoms with Crippen LogP contribution in [0.25, 0.3) is 0 Å². The molecular formula is C15H19NO3S. The van der Waals surface area contributed by atoms with E-state index in [9.17, 15) is 13.2 Å². The van der Waals surface area contributed by atoms with Crippen molar-refractivity contribution in [1.29, 1.82) is 0 Å². The second kappa shape index (κ2) is 4.45. The molecule has 0 fully saturated rings. The van der Waals surface area contributed by atoms with Gasteiger partial charge >= 0.3 is 0 Å². The largest absolute Gasteiger partial charge is 0.366 e.